The normalized spacial score (nSPS) is 59.8. The zero-order chi connectivity index (χ0) is 15.2. The first kappa shape index (κ1) is 14.0. The molecular formula is C19H28O3. The molecule has 6 aliphatic rings. The summed E-state index contributed by atoms with van der Waals surface area (Å²) in [6.07, 6.45) is 10.3. The van der Waals surface area contributed by atoms with Crippen molar-refractivity contribution in [3.63, 3.8) is 0 Å². The van der Waals surface area contributed by atoms with Crippen molar-refractivity contribution in [2.75, 3.05) is 0 Å². The van der Waals surface area contributed by atoms with Crippen LogP contribution in [0.5, 0.6) is 0 Å². The number of hydrogen-bond acceptors (Lipinski definition) is 3. The monoisotopic (exact) mass is 304 g/mol. The van der Waals surface area contributed by atoms with Crippen LogP contribution in [0.15, 0.2) is 0 Å². The lowest BCUT2D eigenvalue weighted by atomic mass is 9.43. The van der Waals surface area contributed by atoms with Crippen molar-refractivity contribution in [1.29, 1.82) is 0 Å². The zero-order valence-corrected chi connectivity index (χ0v) is 13.9. The lowest BCUT2D eigenvalue weighted by Gasteiger charge is -2.63. The van der Waals surface area contributed by atoms with Crippen LogP contribution in [0.3, 0.4) is 0 Å². The summed E-state index contributed by atoms with van der Waals surface area (Å²) in [4.78, 5) is 24.8. The third kappa shape index (κ3) is 1.40. The first-order valence-corrected chi connectivity index (χ1v) is 9.37. The fraction of sp³-hybridized carbons (Fsp3) is 0.947. The van der Waals surface area contributed by atoms with Crippen LogP contribution < -0.4 is 0 Å². The van der Waals surface area contributed by atoms with Crippen LogP contribution in [0.1, 0.15) is 71.6 Å². The van der Waals surface area contributed by atoms with Gasteiger partial charge >= 0.3 is 0 Å². The van der Waals surface area contributed by atoms with Crippen molar-refractivity contribution in [3.8, 4) is 0 Å². The lowest BCUT2D eigenvalue weighted by molar-refractivity contribution is -0.412. The SMILES string of the molecule is C[C@]12CC[C@H]3C[C@@H]1CCC1C4CCC(=O)[C@@]4(C)CC[C@@]12OO3. The van der Waals surface area contributed by atoms with Gasteiger partial charge in [-0.1, -0.05) is 13.8 Å². The Bertz CT molecular complexity index is 531. The first-order valence-electron chi connectivity index (χ1n) is 9.37. The van der Waals surface area contributed by atoms with Crippen LogP contribution >= 0.6 is 0 Å². The van der Waals surface area contributed by atoms with Gasteiger partial charge in [0.15, 0.2) is 0 Å². The molecule has 22 heavy (non-hydrogen) atoms. The van der Waals surface area contributed by atoms with Gasteiger partial charge in [-0.15, -0.1) is 0 Å². The van der Waals surface area contributed by atoms with E-state index < -0.39 is 0 Å². The molecule has 4 saturated carbocycles. The maximum atomic E-state index is 12.5. The number of fused-ring (bicyclic) bond motifs is 4. The third-order valence-electron chi connectivity index (χ3n) is 8.80. The molecule has 4 aliphatic carbocycles. The molecule has 6 rings (SSSR count). The molecular weight excluding hydrogens is 276 g/mol. The number of Topliss-reactive ketones (excluding diaryl/α,β-unsaturated/α-hetero) is 1. The fourth-order valence-corrected chi connectivity index (χ4v) is 7.34. The van der Waals surface area contributed by atoms with Crippen molar-refractivity contribution in [2.45, 2.75) is 83.3 Å². The second-order valence-corrected chi connectivity index (χ2v) is 9.25. The van der Waals surface area contributed by atoms with Crippen LogP contribution in [-0.4, -0.2) is 17.5 Å². The summed E-state index contributed by atoms with van der Waals surface area (Å²) in [5.74, 6) is 2.31. The highest BCUT2D eigenvalue weighted by molar-refractivity contribution is 5.87. The molecule has 0 amide bonds. The Hall–Kier alpha value is -0.410. The molecule has 4 bridgehead atoms. The Labute approximate surface area is 133 Å². The van der Waals surface area contributed by atoms with Gasteiger partial charge in [0, 0.05) is 17.3 Å². The molecule has 2 heterocycles. The van der Waals surface area contributed by atoms with Gasteiger partial charge in [-0.3, -0.25) is 4.79 Å². The summed E-state index contributed by atoms with van der Waals surface area (Å²) < 4.78 is 0. The lowest BCUT2D eigenvalue weighted by Crippen LogP contribution is -2.64. The van der Waals surface area contributed by atoms with E-state index >= 15 is 0 Å². The number of carbonyl (C=O) groups excluding carboxylic acids is 1. The molecule has 2 aliphatic heterocycles. The summed E-state index contributed by atoms with van der Waals surface area (Å²) in [6.45, 7) is 4.72. The number of ketones is 1. The molecule has 0 aromatic rings. The molecule has 3 nitrogen and oxygen atoms in total. The highest BCUT2D eigenvalue weighted by atomic mass is 17.2. The zero-order valence-electron chi connectivity index (χ0n) is 13.9. The number of rotatable bonds is 0. The van der Waals surface area contributed by atoms with Gasteiger partial charge in [0.1, 0.15) is 11.4 Å². The average Bonchev–Trinajstić information content (AvgIpc) is 2.71. The van der Waals surface area contributed by atoms with E-state index in [-0.39, 0.29) is 16.4 Å². The van der Waals surface area contributed by atoms with Crippen LogP contribution in [0, 0.1) is 28.6 Å². The largest absolute Gasteiger partial charge is 0.299 e. The highest BCUT2D eigenvalue weighted by Crippen LogP contribution is 2.69. The molecule has 1 spiro atoms. The molecule has 122 valence electrons. The van der Waals surface area contributed by atoms with E-state index in [1.54, 1.807) is 0 Å². The maximum absolute atomic E-state index is 12.5. The molecule has 3 heteroatoms. The van der Waals surface area contributed by atoms with Gasteiger partial charge < -0.3 is 0 Å². The van der Waals surface area contributed by atoms with Crippen molar-refractivity contribution in [3.05, 3.63) is 0 Å². The second-order valence-electron chi connectivity index (χ2n) is 9.25. The van der Waals surface area contributed by atoms with Gasteiger partial charge in [-0.25, -0.2) is 9.78 Å². The molecule has 6 fully saturated rings. The van der Waals surface area contributed by atoms with E-state index in [2.05, 4.69) is 13.8 Å². The van der Waals surface area contributed by atoms with Gasteiger partial charge in [0.05, 0.1) is 6.10 Å². The van der Waals surface area contributed by atoms with Gasteiger partial charge in [0.25, 0.3) is 0 Å². The highest BCUT2D eigenvalue weighted by Gasteiger charge is 2.70. The van der Waals surface area contributed by atoms with Crippen molar-refractivity contribution >= 4 is 5.78 Å². The summed E-state index contributed by atoms with van der Waals surface area (Å²) in [6, 6.07) is 0. The van der Waals surface area contributed by atoms with Gasteiger partial charge in [-0.2, -0.15) is 0 Å². The van der Waals surface area contributed by atoms with E-state index in [0.717, 1.165) is 38.0 Å². The van der Waals surface area contributed by atoms with E-state index in [4.69, 9.17) is 9.78 Å². The molecule has 0 N–H and O–H groups in total. The van der Waals surface area contributed by atoms with Gasteiger partial charge in [0.2, 0.25) is 0 Å². The summed E-state index contributed by atoms with van der Waals surface area (Å²) in [5.41, 5.74) is 0.0681. The fourth-order valence-electron chi connectivity index (χ4n) is 7.34. The predicted octanol–water partition coefficient (Wildman–Crippen LogP) is 4.05. The van der Waals surface area contributed by atoms with E-state index in [0.29, 0.717) is 23.7 Å². The second kappa shape index (κ2) is 4.16. The Morgan fingerprint density at radius 2 is 1.86 bits per heavy atom. The molecule has 2 unspecified atom stereocenters. The quantitative estimate of drug-likeness (QED) is 0.633. The first-order chi connectivity index (χ1) is 10.5. The molecule has 2 saturated heterocycles. The topological polar surface area (TPSA) is 35.5 Å². The van der Waals surface area contributed by atoms with Crippen LogP contribution in [-0.2, 0) is 14.6 Å². The third-order valence-corrected chi connectivity index (χ3v) is 8.80. The molecule has 0 radical (unpaired) electrons. The smallest absolute Gasteiger partial charge is 0.139 e. The van der Waals surface area contributed by atoms with Crippen LogP contribution in [0.2, 0.25) is 0 Å². The number of hydrogen-bond donors (Lipinski definition) is 0. The number of carbonyl (C=O) groups is 1. The van der Waals surface area contributed by atoms with Crippen molar-refractivity contribution in [1.82, 2.24) is 0 Å². The minimum absolute atomic E-state index is 0.0766. The van der Waals surface area contributed by atoms with Crippen LogP contribution in [0.25, 0.3) is 0 Å². The average molecular weight is 304 g/mol. The van der Waals surface area contributed by atoms with Crippen molar-refractivity contribution < 1.29 is 14.6 Å². The minimum Gasteiger partial charge on any atom is -0.299 e. The molecule has 0 aromatic heterocycles. The van der Waals surface area contributed by atoms with Crippen LogP contribution in [0.4, 0.5) is 0 Å². The Kier molecular flexibility index (Phi) is 2.64. The Morgan fingerprint density at radius 1 is 1.00 bits per heavy atom. The van der Waals surface area contributed by atoms with E-state index in [9.17, 15) is 4.79 Å². The van der Waals surface area contributed by atoms with E-state index in [1.165, 1.54) is 25.7 Å². The van der Waals surface area contributed by atoms with Gasteiger partial charge in [-0.05, 0) is 69.1 Å². The Balaban J connectivity index is 1.62. The Morgan fingerprint density at radius 3 is 2.73 bits per heavy atom. The molecule has 7 atom stereocenters. The van der Waals surface area contributed by atoms with E-state index in [1.807, 2.05) is 0 Å². The maximum Gasteiger partial charge on any atom is 0.139 e. The summed E-state index contributed by atoms with van der Waals surface area (Å²) in [7, 11) is 0. The molecule has 0 aromatic carbocycles. The summed E-state index contributed by atoms with van der Waals surface area (Å²) >= 11 is 0. The standard InChI is InChI=1S/C19H28O3/c1-17-9-10-19-15(14(17)5-6-16(17)20)4-3-12-11-13(21-22-19)7-8-18(12,19)2/h12-15H,3-11H2,1-2H3/t12-,13-,14?,15?,17-,18-,19+/m0/s1. The minimum atomic E-state index is -0.115. The van der Waals surface area contributed by atoms with Crippen molar-refractivity contribution in [2.24, 2.45) is 28.6 Å². The predicted molar refractivity (Wildman–Crippen MR) is 81.9 cm³/mol. The summed E-state index contributed by atoms with van der Waals surface area (Å²) in [5, 5.41) is 0.